The van der Waals surface area contributed by atoms with Gasteiger partial charge in [0.2, 0.25) is 0 Å². The molecule has 1 N–H and O–H groups in total. The second-order valence-electron chi connectivity index (χ2n) is 3.52. The van der Waals surface area contributed by atoms with E-state index in [0.29, 0.717) is 5.82 Å². The molecule has 1 unspecified atom stereocenters. The van der Waals surface area contributed by atoms with E-state index in [1.54, 1.807) is 6.92 Å². The van der Waals surface area contributed by atoms with Gasteiger partial charge >= 0.3 is 5.82 Å². The Morgan fingerprint density at radius 1 is 1.75 bits per heavy atom. The van der Waals surface area contributed by atoms with Crippen molar-refractivity contribution in [3.8, 4) is 0 Å². The number of aryl methyl sites for hydroxylation is 1. The van der Waals surface area contributed by atoms with Gasteiger partial charge in [0.1, 0.15) is 20.6 Å². The summed E-state index contributed by atoms with van der Waals surface area (Å²) in [4.78, 5) is 13.8. The van der Waals surface area contributed by atoms with Crippen LogP contribution in [-0.2, 0) is 6.54 Å². The Morgan fingerprint density at radius 3 is 2.75 bits per heavy atom. The van der Waals surface area contributed by atoms with E-state index in [1.807, 2.05) is 0 Å². The minimum atomic E-state index is -1.93. The molecule has 1 rings (SSSR count). The fourth-order valence-electron chi connectivity index (χ4n) is 1.16. The second-order valence-corrected chi connectivity index (χ2v) is 3.52. The van der Waals surface area contributed by atoms with E-state index in [4.69, 9.17) is 23.5 Å². The molecule has 0 spiro atoms. The lowest BCUT2D eigenvalue weighted by Gasteiger charge is -2.27. The molecule has 6 nitrogen and oxygen atoms in total. The molecule has 0 aliphatic carbocycles. The van der Waals surface area contributed by atoms with Crippen LogP contribution in [-0.4, -0.2) is 48.6 Å². The molecule has 0 saturated carbocycles. The summed E-state index contributed by atoms with van der Waals surface area (Å²) < 4.78 is 1.15. The van der Waals surface area contributed by atoms with Gasteiger partial charge in [-0.05, 0) is 4.92 Å². The van der Waals surface area contributed by atoms with Crippen LogP contribution in [0.2, 0.25) is 5.72 Å². The summed E-state index contributed by atoms with van der Waals surface area (Å²) in [5.41, 5.74) is -3.15. The van der Waals surface area contributed by atoms with Crippen molar-refractivity contribution in [2.75, 3.05) is 0 Å². The van der Waals surface area contributed by atoms with Crippen molar-refractivity contribution >= 4 is 29.4 Å². The largest absolute Gasteiger partial charge is 0.397 e. The zero-order chi connectivity index (χ0) is 12.5. The lowest BCUT2D eigenvalue weighted by atomic mass is 9.53. The topological polar surface area (TPSA) is 81.2 Å². The number of hydrogen-bond donors (Lipinski definition) is 1. The standard InChI is InChI=1S/C7H8B3N3O3/c1-4-11-2-5(13(15)16)12(4)3-7(10,14)6(8)9/h2,6,14H,3H2,1H3. The van der Waals surface area contributed by atoms with Gasteiger partial charge in [0.15, 0.2) is 5.82 Å². The van der Waals surface area contributed by atoms with Crippen LogP contribution in [0.25, 0.3) is 0 Å². The van der Waals surface area contributed by atoms with Gasteiger partial charge in [0.05, 0.1) is 15.7 Å². The molecule has 1 atom stereocenters. The van der Waals surface area contributed by atoms with Crippen molar-refractivity contribution in [2.24, 2.45) is 0 Å². The highest BCUT2D eigenvalue weighted by Gasteiger charge is 2.30. The van der Waals surface area contributed by atoms with Crippen molar-refractivity contribution < 1.29 is 10.0 Å². The van der Waals surface area contributed by atoms with E-state index in [9.17, 15) is 15.2 Å². The predicted octanol–water partition coefficient (Wildman–Crippen LogP) is -0.960. The normalized spacial score (nSPS) is 14.9. The first-order valence-electron chi connectivity index (χ1n) is 4.44. The van der Waals surface area contributed by atoms with Crippen molar-refractivity contribution in [1.82, 2.24) is 9.55 Å². The maximum Gasteiger partial charge on any atom is 0.342 e. The highest BCUT2D eigenvalue weighted by molar-refractivity contribution is 6.40. The van der Waals surface area contributed by atoms with E-state index >= 15 is 0 Å². The monoisotopic (exact) mass is 215 g/mol. The van der Waals surface area contributed by atoms with Gasteiger partial charge in [-0.15, -0.1) is 0 Å². The summed E-state index contributed by atoms with van der Waals surface area (Å²) in [5.74, 6) is 0.0678. The smallest absolute Gasteiger partial charge is 0.342 e. The predicted molar refractivity (Wildman–Crippen MR) is 59.6 cm³/mol. The first-order valence-corrected chi connectivity index (χ1v) is 4.44. The van der Waals surface area contributed by atoms with Gasteiger partial charge in [-0.1, -0.05) is 5.72 Å². The zero-order valence-electron chi connectivity index (χ0n) is 8.70. The summed E-state index contributed by atoms with van der Waals surface area (Å²) in [6.45, 7) is 1.25. The van der Waals surface area contributed by atoms with Gasteiger partial charge in [-0.2, -0.15) is 0 Å². The van der Waals surface area contributed by atoms with E-state index in [0.717, 1.165) is 10.8 Å². The van der Waals surface area contributed by atoms with Gasteiger partial charge < -0.3 is 15.2 Å². The third-order valence-corrected chi connectivity index (χ3v) is 2.21. The molecule has 1 heterocycles. The van der Waals surface area contributed by atoms with Crippen molar-refractivity contribution in [2.45, 2.75) is 24.7 Å². The molecular formula is C7H8B3N3O3. The molecule has 0 aliphatic heterocycles. The first kappa shape index (κ1) is 12.8. The lowest BCUT2D eigenvalue weighted by molar-refractivity contribution is -0.392. The Kier molecular flexibility index (Phi) is 3.47. The van der Waals surface area contributed by atoms with E-state index < -0.39 is 16.1 Å². The minimum Gasteiger partial charge on any atom is -0.397 e. The molecule has 0 aliphatic rings. The van der Waals surface area contributed by atoms with Crippen LogP contribution in [0.5, 0.6) is 0 Å². The van der Waals surface area contributed by atoms with Gasteiger partial charge in [-0.3, -0.25) is 0 Å². The molecule has 1 aromatic rings. The third kappa shape index (κ3) is 2.47. The summed E-state index contributed by atoms with van der Waals surface area (Å²) in [6.07, 6.45) is 1.08. The number of nitro groups is 1. The summed E-state index contributed by atoms with van der Waals surface area (Å²) in [7, 11) is 15.9. The van der Waals surface area contributed by atoms with Crippen LogP contribution >= 0.6 is 0 Å². The highest BCUT2D eigenvalue weighted by atomic mass is 16.6. The zero-order valence-corrected chi connectivity index (χ0v) is 8.70. The van der Waals surface area contributed by atoms with Gasteiger partial charge in [-0.25, -0.2) is 9.55 Å². The molecule has 16 heavy (non-hydrogen) atoms. The van der Waals surface area contributed by atoms with E-state index in [2.05, 4.69) is 4.98 Å². The van der Waals surface area contributed by atoms with Crippen LogP contribution in [0.4, 0.5) is 5.82 Å². The summed E-state index contributed by atoms with van der Waals surface area (Å²) >= 11 is 0. The molecule has 1 aromatic heterocycles. The lowest BCUT2D eigenvalue weighted by Crippen LogP contribution is -2.40. The first-order chi connectivity index (χ1) is 7.25. The molecule has 0 saturated heterocycles. The average molecular weight is 215 g/mol. The molecule has 0 bridgehead atoms. The van der Waals surface area contributed by atoms with Gasteiger partial charge in [0.25, 0.3) is 0 Å². The second kappa shape index (κ2) is 4.33. The Labute approximate surface area is 96.4 Å². The number of aliphatic hydroxyl groups is 1. The van der Waals surface area contributed by atoms with Crippen LogP contribution in [0, 0.1) is 17.0 Å². The Morgan fingerprint density at radius 2 is 2.31 bits per heavy atom. The van der Waals surface area contributed by atoms with Crippen LogP contribution in [0.3, 0.4) is 0 Å². The molecule has 0 amide bonds. The number of imidazole rings is 1. The fourth-order valence-corrected chi connectivity index (χ4v) is 1.16. The number of aromatic nitrogens is 2. The van der Waals surface area contributed by atoms with Crippen LogP contribution in [0.1, 0.15) is 5.82 Å². The van der Waals surface area contributed by atoms with Crippen LogP contribution in [0.15, 0.2) is 6.20 Å². The molecule has 0 fully saturated rings. The third-order valence-electron chi connectivity index (χ3n) is 2.21. The number of hydrogen-bond acceptors (Lipinski definition) is 4. The maximum absolute atomic E-state index is 10.7. The minimum absolute atomic E-state index is 0.276. The Bertz CT molecular complexity index is 405. The fraction of sp³-hybridized carbons (Fsp3) is 0.571. The van der Waals surface area contributed by atoms with E-state index in [1.165, 1.54) is 0 Å². The van der Waals surface area contributed by atoms with Crippen molar-refractivity contribution in [3.05, 3.63) is 22.1 Å². The Balaban J connectivity index is 3.05. The van der Waals surface area contributed by atoms with E-state index in [-0.39, 0.29) is 12.4 Å². The molecule has 78 valence electrons. The van der Waals surface area contributed by atoms with Crippen LogP contribution < -0.4 is 0 Å². The number of nitrogens with zero attached hydrogens (tertiary/aromatic N) is 3. The summed E-state index contributed by atoms with van der Waals surface area (Å²) in [5, 5.41) is 20.3. The van der Waals surface area contributed by atoms with Crippen molar-refractivity contribution in [1.29, 1.82) is 0 Å². The molecule has 9 heteroatoms. The molecular weight excluding hydrogens is 207 g/mol. The quantitative estimate of drug-likeness (QED) is 0.398. The Hall–Kier alpha value is -1.24. The molecule has 0 aromatic carbocycles. The maximum atomic E-state index is 10.7. The summed E-state index contributed by atoms with van der Waals surface area (Å²) in [6, 6.07) is 0. The van der Waals surface area contributed by atoms with Gasteiger partial charge in [0, 0.05) is 12.4 Å². The SMILES string of the molecule is [B]C([B])C([B])(O)Cn1c([N+](=O)[O-])cnc1C. The number of rotatable bonds is 4. The molecule has 6 radical (unpaired) electrons. The van der Waals surface area contributed by atoms with Crippen molar-refractivity contribution in [3.63, 3.8) is 0 Å². The highest BCUT2D eigenvalue weighted by Crippen LogP contribution is 2.21. The average Bonchev–Trinajstić information content (AvgIpc) is 2.47.